The van der Waals surface area contributed by atoms with Crippen LogP contribution in [0, 0.1) is 22.1 Å². The Hall–Kier alpha value is -7.26. The summed E-state index contributed by atoms with van der Waals surface area (Å²) in [6, 6.07) is -9.16. The van der Waals surface area contributed by atoms with Gasteiger partial charge in [0, 0.05) is 45.3 Å². The highest BCUT2D eigenvalue weighted by Gasteiger charge is 2.44. The van der Waals surface area contributed by atoms with Crippen LogP contribution in [0.3, 0.4) is 0 Å². The van der Waals surface area contributed by atoms with Crippen molar-refractivity contribution in [2.24, 2.45) is 28.9 Å². The molecular formula is C43H75N19O9. The number of imidazole rings is 1. The Morgan fingerprint density at radius 3 is 1.70 bits per heavy atom. The fourth-order valence-electron chi connectivity index (χ4n) is 8.24. The SMILES string of the molecule is CC(C)C[C@H](NC(=O)[C@@H]1CCCN1C(=O)[C@@H]1CCCN1C(=O)[C@H](Cc1c[nH]cn1)NC(=O)[C@H](CCCNC(=N)N)NC(=O)[C@@H](N)CCCNC(=N)N)C(=O)N[C@@H](CCCNC(=N)N)C(=O)N[C@@H](C)C(=O)O. The topological polar surface area (TPSA) is 464 Å². The molecule has 8 atom stereocenters. The van der Waals surface area contributed by atoms with Crippen molar-refractivity contribution in [1.82, 2.24) is 62.3 Å². The van der Waals surface area contributed by atoms with Gasteiger partial charge in [0.25, 0.3) is 0 Å². The van der Waals surface area contributed by atoms with Crippen LogP contribution in [-0.2, 0) is 44.8 Å². The van der Waals surface area contributed by atoms with E-state index in [0.717, 1.165) is 0 Å². The van der Waals surface area contributed by atoms with Crippen molar-refractivity contribution in [1.29, 1.82) is 16.2 Å². The number of nitrogens with two attached hydrogens (primary N) is 4. The van der Waals surface area contributed by atoms with Crippen LogP contribution in [0.4, 0.5) is 0 Å². The third-order valence-corrected chi connectivity index (χ3v) is 11.9. The molecule has 21 N–H and O–H groups in total. The lowest BCUT2D eigenvalue weighted by Crippen LogP contribution is -2.60. The van der Waals surface area contributed by atoms with Crippen molar-refractivity contribution in [3.63, 3.8) is 0 Å². The smallest absolute Gasteiger partial charge is 0.325 e. The van der Waals surface area contributed by atoms with Gasteiger partial charge < -0.3 is 85.4 Å². The van der Waals surface area contributed by atoms with E-state index in [1.807, 2.05) is 13.8 Å². The van der Waals surface area contributed by atoms with Crippen molar-refractivity contribution in [3.8, 4) is 0 Å². The lowest BCUT2D eigenvalue weighted by atomic mass is 10.0. The average Bonchev–Trinajstić information content (AvgIpc) is 4.12. The molecule has 2 fully saturated rings. The van der Waals surface area contributed by atoms with Crippen LogP contribution in [0.2, 0.25) is 0 Å². The second-order valence-electron chi connectivity index (χ2n) is 18.1. The number of aromatic nitrogens is 2. The van der Waals surface area contributed by atoms with E-state index in [-0.39, 0.29) is 108 Å². The molecule has 1 aromatic heterocycles. The Morgan fingerprint density at radius 1 is 0.690 bits per heavy atom. The van der Waals surface area contributed by atoms with E-state index >= 15 is 0 Å². The summed E-state index contributed by atoms with van der Waals surface area (Å²) < 4.78 is 0. The Labute approximate surface area is 412 Å². The first-order valence-corrected chi connectivity index (χ1v) is 23.9. The van der Waals surface area contributed by atoms with Crippen molar-refractivity contribution in [3.05, 3.63) is 18.2 Å². The molecule has 396 valence electrons. The fraction of sp³-hybridized carbons (Fsp3) is 0.674. The molecule has 2 aliphatic heterocycles. The average molecular weight is 1000 g/mol. The molecule has 28 nitrogen and oxygen atoms in total. The molecule has 71 heavy (non-hydrogen) atoms. The first kappa shape index (κ1) is 58.1. The molecule has 0 unspecified atom stereocenters. The largest absolute Gasteiger partial charge is 0.480 e. The summed E-state index contributed by atoms with van der Waals surface area (Å²) in [6.45, 7) is 5.94. The highest BCUT2D eigenvalue weighted by molar-refractivity contribution is 5.98. The van der Waals surface area contributed by atoms with E-state index in [2.05, 4.69) is 52.5 Å². The molecule has 28 heteroatoms. The molecule has 3 heterocycles. The zero-order valence-corrected chi connectivity index (χ0v) is 40.7. The lowest BCUT2D eigenvalue weighted by Gasteiger charge is -2.33. The number of carbonyl (C=O) groups is 8. The molecule has 0 spiro atoms. The molecule has 0 radical (unpaired) electrons. The summed E-state index contributed by atoms with van der Waals surface area (Å²) in [4.78, 5) is 119. The lowest BCUT2D eigenvalue weighted by molar-refractivity contribution is -0.148. The maximum absolute atomic E-state index is 14.6. The van der Waals surface area contributed by atoms with E-state index in [1.54, 1.807) is 6.20 Å². The van der Waals surface area contributed by atoms with Gasteiger partial charge in [-0.3, -0.25) is 54.6 Å². The molecule has 1 aromatic rings. The van der Waals surface area contributed by atoms with Gasteiger partial charge in [0.15, 0.2) is 17.9 Å². The van der Waals surface area contributed by atoms with Crippen molar-refractivity contribution < 1.29 is 43.5 Å². The maximum atomic E-state index is 14.6. The Balaban J connectivity index is 1.81. The molecule has 2 saturated heterocycles. The van der Waals surface area contributed by atoms with Crippen LogP contribution >= 0.6 is 0 Å². The number of likely N-dealkylation sites (tertiary alicyclic amines) is 2. The van der Waals surface area contributed by atoms with Crippen molar-refractivity contribution in [2.75, 3.05) is 32.7 Å². The van der Waals surface area contributed by atoms with Gasteiger partial charge in [-0.15, -0.1) is 0 Å². The second kappa shape index (κ2) is 29.0. The van der Waals surface area contributed by atoms with E-state index in [9.17, 15) is 43.5 Å². The van der Waals surface area contributed by atoms with Crippen molar-refractivity contribution >= 4 is 65.2 Å². The number of H-pyrrole nitrogens is 1. The molecule has 0 bridgehead atoms. The minimum atomic E-state index is -1.29. The number of hydrogen-bond acceptors (Lipinski definition) is 13. The number of amides is 7. The summed E-state index contributed by atoms with van der Waals surface area (Å²) in [5.74, 6) is -6.78. The number of guanidine groups is 3. The number of carbonyl (C=O) groups excluding carboxylic acids is 7. The molecule has 0 aliphatic carbocycles. The Bertz CT molecular complexity index is 2020. The second-order valence-corrected chi connectivity index (χ2v) is 18.1. The number of hydrogen-bond donors (Lipinski definition) is 17. The molecular weight excluding hydrogens is 927 g/mol. The number of nitrogens with one attached hydrogen (secondary N) is 12. The predicted molar refractivity (Wildman–Crippen MR) is 260 cm³/mol. The van der Waals surface area contributed by atoms with Gasteiger partial charge in [-0.05, 0) is 83.5 Å². The quantitative estimate of drug-likeness (QED) is 0.0205. The van der Waals surface area contributed by atoms with E-state index in [0.29, 0.717) is 31.5 Å². The first-order chi connectivity index (χ1) is 33.6. The number of aliphatic carboxylic acids is 1. The third kappa shape index (κ3) is 19.6. The summed E-state index contributed by atoms with van der Waals surface area (Å²) in [6.07, 6.45) is 5.61. The molecule has 3 rings (SSSR count). The van der Waals surface area contributed by atoms with Gasteiger partial charge in [0.2, 0.25) is 41.4 Å². The molecule has 0 saturated carbocycles. The fourth-order valence-corrected chi connectivity index (χ4v) is 8.24. The van der Waals surface area contributed by atoms with Gasteiger partial charge in [-0.1, -0.05) is 13.8 Å². The van der Waals surface area contributed by atoms with Crippen LogP contribution in [-0.4, -0.2) is 171 Å². The first-order valence-electron chi connectivity index (χ1n) is 23.9. The summed E-state index contributed by atoms with van der Waals surface area (Å²) >= 11 is 0. The van der Waals surface area contributed by atoms with Gasteiger partial charge in [-0.2, -0.15) is 0 Å². The van der Waals surface area contributed by atoms with Crippen LogP contribution in [0.25, 0.3) is 0 Å². The van der Waals surface area contributed by atoms with Crippen molar-refractivity contribution in [2.45, 2.75) is 146 Å². The summed E-state index contributed by atoms with van der Waals surface area (Å²) in [7, 11) is 0. The maximum Gasteiger partial charge on any atom is 0.325 e. The predicted octanol–water partition coefficient (Wildman–Crippen LogP) is -4.37. The van der Waals surface area contributed by atoms with Crippen LogP contribution < -0.4 is 65.5 Å². The van der Waals surface area contributed by atoms with E-state index in [1.165, 1.54) is 23.1 Å². The third-order valence-electron chi connectivity index (χ3n) is 11.9. The highest BCUT2D eigenvalue weighted by Crippen LogP contribution is 2.26. The Morgan fingerprint density at radius 2 is 1.18 bits per heavy atom. The van der Waals surface area contributed by atoms with Gasteiger partial charge in [-0.25, -0.2) is 4.98 Å². The Kier molecular flexibility index (Phi) is 23.7. The van der Waals surface area contributed by atoms with Gasteiger partial charge in [0.1, 0.15) is 42.3 Å². The molecule has 2 aliphatic rings. The number of carboxylic acids is 1. The standard InChI is InChI=1S/C43H75N19O9/c1-23(2)19-29(36(66)58-27(10-5-15-53-42(47)48)34(64)56-24(3)40(70)71)59-37(67)31-12-7-17-61(31)39(69)32-13-8-18-62(32)38(68)30(20-25-21-51-22-55-25)60-35(65)28(11-6-16-54-43(49)50)57-33(63)26(44)9-4-14-52-41(45)46/h21-24,26-32H,4-20,44H2,1-3H3,(H,51,55)(H,56,64)(H,57,63)(H,58,66)(H,59,67)(H,60,65)(H,70,71)(H4,45,46,52)(H4,47,48,53)(H4,49,50,54)/t24-,26-,27-,28-,29-,30-,31-,32-/m0/s1. The van der Waals surface area contributed by atoms with E-state index < -0.39 is 95.7 Å². The molecule has 0 aromatic carbocycles. The van der Waals surface area contributed by atoms with E-state index in [4.69, 9.17) is 39.2 Å². The summed E-state index contributed by atoms with van der Waals surface area (Å²) in [5.41, 5.74) is 22.7. The van der Waals surface area contributed by atoms with Crippen LogP contribution in [0.1, 0.15) is 97.1 Å². The number of nitrogens with zero attached hydrogens (tertiary/aromatic N) is 3. The minimum absolute atomic E-state index is 0.0368. The number of carboxylic acid groups (broad SMARTS) is 1. The summed E-state index contributed by atoms with van der Waals surface area (Å²) in [5, 5.41) is 52.7. The number of aromatic amines is 1. The molecule has 7 amide bonds. The highest BCUT2D eigenvalue weighted by atomic mass is 16.4. The minimum Gasteiger partial charge on any atom is -0.480 e. The van der Waals surface area contributed by atoms with Gasteiger partial charge >= 0.3 is 5.97 Å². The van der Waals surface area contributed by atoms with Crippen LogP contribution in [0.15, 0.2) is 12.5 Å². The zero-order valence-electron chi connectivity index (χ0n) is 40.7. The monoisotopic (exact) mass is 1000 g/mol. The van der Waals surface area contributed by atoms with Crippen LogP contribution in [0.5, 0.6) is 0 Å². The van der Waals surface area contributed by atoms with Gasteiger partial charge in [0.05, 0.1) is 18.1 Å². The number of rotatable bonds is 29. The normalized spacial score (nSPS) is 17.9. The zero-order chi connectivity index (χ0) is 52.8.